The molecule has 1 unspecified atom stereocenters. The van der Waals surface area contributed by atoms with Gasteiger partial charge in [-0.2, -0.15) is 0 Å². The van der Waals surface area contributed by atoms with Gasteiger partial charge in [-0.25, -0.2) is 0 Å². The molecule has 2 nitrogen and oxygen atoms in total. The van der Waals surface area contributed by atoms with Gasteiger partial charge < -0.3 is 4.48 Å². The molecule has 0 aliphatic carbocycles. The minimum atomic E-state index is 0.301. The first-order valence-corrected chi connectivity index (χ1v) is 3.62. The largest absolute Gasteiger partial charge is 0.314 e. The molecule has 0 bridgehead atoms. The molecule has 0 aliphatic rings. The quantitative estimate of drug-likeness (QED) is 0.444. The zero-order valence-corrected chi connectivity index (χ0v) is 7.02. The molecule has 0 rings (SSSR count). The molecule has 0 saturated heterocycles. The van der Waals surface area contributed by atoms with Crippen LogP contribution in [0.4, 0.5) is 0 Å². The van der Waals surface area contributed by atoms with Crippen LogP contribution in [0.5, 0.6) is 0 Å². The summed E-state index contributed by atoms with van der Waals surface area (Å²) in [5.74, 6) is 0. The molecule has 2 N–H and O–H groups in total. The van der Waals surface area contributed by atoms with Gasteiger partial charge in [0.15, 0.2) is 0 Å². The number of hydrogen-bond acceptors (Lipinski definition) is 1. The first kappa shape index (κ1) is 8.92. The summed E-state index contributed by atoms with van der Waals surface area (Å²) in [6.45, 7) is 5.39. The lowest BCUT2D eigenvalue weighted by molar-refractivity contribution is -0.913. The molecule has 9 heavy (non-hydrogen) atoms. The Labute approximate surface area is 58.2 Å². The van der Waals surface area contributed by atoms with E-state index in [1.165, 1.54) is 0 Å². The summed E-state index contributed by atoms with van der Waals surface area (Å²) in [6, 6.07) is 0. The molecule has 0 aromatic rings. The fraction of sp³-hybridized carbons (Fsp3) is 1.00. The van der Waals surface area contributed by atoms with Crippen molar-refractivity contribution < 1.29 is 4.48 Å². The molecule has 0 spiro atoms. The Morgan fingerprint density at radius 2 is 1.78 bits per heavy atom. The smallest absolute Gasteiger partial charge is 0.139 e. The van der Waals surface area contributed by atoms with Gasteiger partial charge in [-0.15, -0.1) is 0 Å². The molecule has 56 valence electrons. The summed E-state index contributed by atoms with van der Waals surface area (Å²) in [7, 11) is 4.32. The van der Waals surface area contributed by atoms with E-state index < -0.39 is 0 Å². The van der Waals surface area contributed by atoms with Crippen LogP contribution in [0, 0.1) is 0 Å². The highest BCUT2D eigenvalue weighted by Gasteiger charge is 2.19. The second-order valence-electron chi connectivity index (χ2n) is 3.07. The normalized spacial score (nSPS) is 15.7. The molecule has 0 amide bonds. The van der Waals surface area contributed by atoms with Crippen LogP contribution < -0.4 is 5.73 Å². The second-order valence-corrected chi connectivity index (χ2v) is 3.07. The summed E-state index contributed by atoms with van der Waals surface area (Å²) in [5, 5.41) is 0. The molecule has 2 heteroatoms. The van der Waals surface area contributed by atoms with Gasteiger partial charge in [0, 0.05) is 6.42 Å². The Hall–Kier alpha value is -0.0800. The van der Waals surface area contributed by atoms with E-state index >= 15 is 0 Å². The van der Waals surface area contributed by atoms with Crippen molar-refractivity contribution in [2.45, 2.75) is 26.4 Å². The van der Waals surface area contributed by atoms with Gasteiger partial charge in [0.25, 0.3) is 0 Å². The van der Waals surface area contributed by atoms with Crippen molar-refractivity contribution in [1.82, 2.24) is 0 Å². The summed E-state index contributed by atoms with van der Waals surface area (Å²) in [5.41, 5.74) is 5.83. The zero-order valence-electron chi connectivity index (χ0n) is 7.02. The average molecular weight is 131 g/mol. The van der Waals surface area contributed by atoms with Crippen LogP contribution in [0.3, 0.4) is 0 Å². The lowest BCUT2D eigenvalue weighted by Crippen LogP contribution is -2.53. The Morgan fingerprint density at radius 1 is 1.33 bits per heavy atom. The first-order valence-electron chi connectivity index (χ1n) is 3.62. The van der Waals surface area contributed by atoms with E-state index in [1.54, 1.807) is 0 Å². The van der Waals surface area contributed by atoms with Crippen molar-refractivity contribution in [3.05, 3.63) is 0 Å². The maximum Gasteiger partial charge on any atom is 0.139 e. The lowest BCUT2D eigenvalue weighted by atomic mass is 10.3. The van der Waals surface area contributed by atoms with E-state index in [1.807, 2.05) is 0 Å². The minimum Gasteiger partial charge on any atom is -0.314 e. The Morgan fingerprint density at radius 3 is 1.89 bits per heavy atom. The zero-order chi connectivity index (χ0) is 7.49. The second kappa shape index (κ2) is 3.18. The Balaban J connectivity index is 3.80. The fourth-order valence-corrected chi connectivity index (χ4v) is 0.729. The maximum absolute atomic E-state index is 5.83. The van der Waals surface area contributed by atoms with E-state index in [0.29, 0.717) is 6.17 Å². The van der Waals surface area contributed by atoms with Crippen molar-refractivity contribution >= 4 is 0 Å². The van der Waals surface area contributed by atoms with Crippen LogP contribution in [0.2, 0.25) is 0 Å². The van der Waals surface area contributed by atoms with Crippen molar-refractivity contribution in [1.29, 1.82) is 0 Å². The fourth-order valence-electron chi connectivity index (χ4n) is 0.729. The summed E-state index contributed by atoms with van der Waals surface area (Å²) in [4.78, 5) is 0. The molecule has 0 aliphatic heterocycles. The number of quaternary nitrogens is 1. The van der Waals surface area contributed by atoms with E-state index in [0.717, 1.165) is 17.4 Å². The van der Waals surface area contributed by atoms with Gasteiger partial charge in [0.2, 0.25) is 0 Å². The van der Waals surface area contributed by atoms with Gasteiger partial charge >= 0.3 is 0 Å². The maximum atomic E-state index is 5.83. The molecule has 0 heterocycles. The third-order valence-electron chi connectivity index (χ3n) is 2.13. The summed E-state index contributed by atoms with van der Waals surface area (Å²) < 4.78 is 0.927. The van der Waals surface area contributed by atoms with E-state index in [4.69, 9.17) is 5.73 Å². The Bertz CT molecular complexity index is 79.0. The summed E-state index contributed by atoms with van der Waals surface area (Å²) in [6.07, 6.45) is 1.36. The number of hydrogen-bond donors (Lipinski definition) is 1. The highest BCUT2D eigenvalue weighted by Crippen LogP contribution is 2.02. The van der Waals surface area contributed by atoms with E-state index in [-0.39, 0.29) is 0 Å². The molecule has 0 saturated carbocycles. The monoisotopic (exact) mass is 131 g/mol. The molecule has 0 radical (unpaired) electrons. The molecule has 0 aromatic carbocycles. The lowest BCUT2D eigenvalue weighted by Gasteiger charge is -2.33. The highest BCUT2D eigenvalue weighted by molar-refractivity contribution is 4.41. The van der Waals surface area contributed by atoms with Gasteiger partial charge in [-0.3, -0.25) is 5.73 Å². The van der Waals surface area contributed by atoms with Crippen molar-refractivity contribution in [2.24, 2.45) is 5.73 Å². The highest BCUT2D eigenvalue weighted by atomic mass is 15.4. The van der Waals surface area contributed by atoms with Crippen molar-refractivity contribution in [3.8, 4) is 0 Å². The summed E-state index contributed by atoms with van der Waals surface area (Å²) >= 11 is 0. The van der Waals surface area contributed by atoms with Gasteiger partial charge in [0.05, 0.1) is 20.6 Å². The van der Waals surface area contributed by atoms with Crippen LogP contribution in [0.1, 0.15) is 20.3 Å². The Kier molecular flexibility index (Phi) is 3.15. The minimum absolute atomic E-state index is 0.301. The topological polar surface area (TPSA) is 26.0 Å². The van der Waals surface area contributed by atoms with Crippen molar-refractivity contribution in [2.75, 3.05) is 20.6 Å². The van der Waals surface area contributed by atoms with Crippen LogP contribution in [-0.2, 0) is 0 Å². The number of nitrogens with zero attached hydrogens (tertiary/aromatic N) is 1. The number of rotatable bonds is 3. The van der Waals surface area contributed by atoms with Gasteiger partial charge in [0.1, 0.15) is 6.17 Å². The van der Waals surface area contributed by atoms with Crippen LogP contribution >= 0.6 is 0 Å². The predicted molar refractivity (Wildman–Crippen MR) is 40.9 cm³/mol. The van der Waals surface area contributed by atoms with E-state index in [2.05, 4.69) is 27.9 Å². The van der Waals surface area contributed by atoms with Gasteiger partial charge in [-0.05, 0) is 6.92 Å². The SMILES string of the molecule is CCC(N)[N+](C)(C)CC. The first-order chi connectivity index (χ1) is 4.04. The molecular weight excluding hydrogens is 112 g/mol. The third kappa shape index (κ3) is 2.33. The standard InChI is InChI=1S/C7H19N2/c1-5-7(8)9(3,4)6-2/h7H,5-6,8H2,1-4H3/q+1. The van der Waals surface area contributed by atoms with Crippen LogP contribution in [0.15, 0.2) is 0 Å². The number of nitrogens with two attached hydrogens (primary N) is 1. The van der Waals surface area contributed by atoms with E-state index in [9.17, 15) is 0 Å². The average Bonchev–Trinajstić information content (AvgIpc) is 1.86. The predicted octanol–water partition coefficient (Wildman–Crippen LogP) is 0.777. The molecule has 0 fully saturated rings. The molecule has 0 aromatic heterocycles. The van der Waals surface area contributed by atoms with Crippen molar-refractivity contribution in [3.63, 3.8) is 0 Å². The third-order valence-corrected chi connectivity index (χ3v) is 2.13. The van der Waals surface area contributed by atoms with Crippen LogP contribution in [-0.4, -0.2) is 31.3 Å². The van der Waals surface area contributed by atoms with Gasteiger partial charge in [-0.1, -0.05) is 6.92 Å². The van der Waals surface area contributed by atoms with Crippen LogP contribution in [0.25, 0.3) is 0 Å². The molecule has 1 atom stereocenters. The molecular formula is C7H19N2+.